The van der Waals surface area contributed by atoms with Crippen LogP contribution in [0.25, 0.3) is 0 Å². The second kappa shape index (κ2) is 6.22. The summed E-state index contributed by atoms with van der Waals surface area (Å²) in [6.45, 7) is 1.05. The lowest BCUT2D eigenvalue weighted by molar-refractivity contribution is 0.284. The molecule has 1 N–H and O–H groups in total. The predicted octanol–water partition coefficient (Wildman–Crippen LogP) is 3.80. The van der Waals surface area contributed by atoms with Crippen LogP contribution in [0.5, 0.6) is 5.75 Å². The van der Waals surface area contributed by atoms with Gasteiger partial charge >= 0.3 is 0 Å². The van der Waals surface area contributed by atoms with Crippen molar-refractivity contribution in [3.63, 3.8) is 0 Å². The number of hydrogen-bond donors (Lipinski definition) is 1. The molecule has 21 heavy (non-hydrogen) atoms. The Morgan fingerprint density at radius 3 is 2.62 bits per heavy atom. The van der Waals surface area contributed by atoms with Crippen molar-refractivity contribution in [2.75, 3.05) is 0 Å². The minimum Gasteiger partial charge on any atom is -0.486 e. The Morgan fingerprint density at radius 2 is 1.81 bits per heavy atom. The van der Waals surface area contributed by atoms with E-state index < -0.39 is 11.6 Å². The maximum Gasteiger partial charge on any atom is 0.200 e. The van der Waals surface area contributed by atoms with Crippen LogP contribution in [-0.2, 0) is 13.2 Å². The molecule has 1 aliphatic rings. The number of halogens is 2. The van der Waals surface area contributed by atoms with Gasteiger partial charge in [-0.15, -0.1) is 0 Å². The summed E-state index contributed by atoms with van der Waals surface area (Å²) < 4.78 is 31.9. The van der Waals surface area contributed by atoms with Gasteiger partial charge in [-0.2, -0.15) is 4.39 Å². The Hall–Kier alpha value is -1.94. The zero-order valence-corrected chi connectivity index (χ0v) is 11.6. The first-order valence-electron chi connectivity index (χ1n) is 7.10. The van der Waals surface area contributed by atoms with E-state index in [2.05, 4.69) is 5.32 Å². The lowest BCUT2D eigenvalue weighted by atomic mass is 10.1. The SMILES string of the molecule is Fc1cccc(OCc2cccc(CNC3CC3)c2)c1F. The highest BCUT2D eigenvalue weighted by atomic mass is 19.2. The number of rotatable bonds is 6. The highest BCUT2D eigenvalue weighted by Crippen LogP contribution is 2.21. The van der Waals surface area contributed by atoms with E-state index in [-0.39, 0.29) is 12.4 Å². The van der Waals surface area contributed by atoms with E-state index in [0.717, 1.165) is 18.2 Å². The van der Waals surface area contributed by atoms with E-state index >= 15 is 0 Å². The molecule has 0 heterocycles. The van der Waals surface area contributed by atoms with Crippen molar-refractivity contribution in [3.8, 4) is 5.75 Å². The molecule has 110 valence electrons. The zero-order valence-electron chi connectivity index (χ0n) is 11.6. The quantitative estimate of drug-likeness (QED) is 0.873. The molecule has 0 spiro atoms. The van der Waals surface area contributed by atoms with Gasteiger partial charge in [-0.3, -0.25) is 0 Å². The van der Waals surface area contributed by atoms with E-state index in [1.54, 1.807) is 0 Å². The van der Waals surface area contributed by atoms with Crippen LogP contribution in [0, 0.1) is 11.6 Å². The van der Waals surface area contributed by atoms with Crippen molar-refractivity contribution >= 4 is 0 Å². The first-order valence-corrected chi connectivity index (χ1v) is 7.10. The van der Waals surface area contributed by atoms with Gasteiger partial charge in [0.15, 0.2) is 11.6 Å². The van der Waals surface area contributed by atoms with E-state index in [4.69, 9.17) is 4.74 Å². The maximum absolute atomic E-state index is 13.5. The van der Waals surface area contributed by atoms with Gasteiger partial charge in [-0.1, -0.05) is 30.3 Å². The van der Waals surface area contributed by atoms with Crippen LogP contribution >= 0.6 is 0 Å². The molecule has 0 radical (unpaired) electrons. The monoisotopic (exact) mass is 289 g/mol. The third kappa shape index (κ3) is 3.79. The molecule has 1 saturated carbocycles. The second-order valence-corrected chi connectivity index (χ2v) is 5.32. The van der Waals surface area contributed by atoms with Gasteiger partial charge in [0, 0.05) is 12.6 Å². The average molecular weight is 289 g/mol. The molecule has 0 aromatic heterocycles. The van der Waals surface area contributed by atoms with Gasteiger partial charge in [-0.05, 0) is 36.1 Å². The Bertz CT molecular complexity index is 626. The fourth-order valence-electron chi connectivity index (χ4n) is 2.14. The number of benzene rings is 2. The summed E-state index contributed by atoms with van der Waals surface area (Å²) in [5.74, 6) is -1.89. The molecule has 4 heteroatoms. The third-order valence-corrected chi connectivity index (χ3v) is 3.47. The van der Waals surface area contributed by atoms with E-state index in [1.807, 2.05) is 24.3 Å². The van der Waals surface area contributed by atoms with Crippen molar-refractivity contribution in [3.05, 3.63) is 65.2 Å². The molecule has 0 amide bonds. The van der Waals surface area contributed by atoms with Gasteiger partial charge in [-0.25, -0.2) is 4.39 Å². The smallest absolute Gasteiger partial charge is 0.200 e. The molecule has 2 aromatic rings. The highest BCUT2D eigenvalue weighted by molar-refractivity contribution is 5.27. The Morgan fingerprint density at radius 1 is 1.05 bits per heavy atom. The van der Waals surface area contributed by atoms with Crippen molar-refractivity contribution in [2.45, 2.75) is 32.0 Å². The normalized spacial score (nSPS) is 14.2. The van der Waals surface area contributed by atoms with Crippen LogP contribution in [0.2, 0.25) is 0 Å². The lowest BCUT2D eigenvalue weighted by Gasteiger charge is -2.09. The molecule has 0 unspecified atom stereocenters. The van der Waals surface area contributed by atoms with Crippen LogP contribution in [-0.4, -0.2) is 6.04 Å². The molecular weight excluding hydrogens is 272 g/mol. The summed E-state index contributed by atoms with van der Waals surface area (Å²) in [7, 11) is 0. The first kappa shape index (κ1) is 14.0. The molecular formula is C17H17F2NO. The predicted molar refractivity (Wildman–Crippen MR) is 77.0 cm³/mol. The Kier molecular flexibility index (Phi) is 4.15. The molecule has 0 bridgehead atoms. The topological polar surface area (TPSA) is 21.3 Å². The molecule has 3 rings (SSSR count). The molecule has 1 aliphatic carbocycles. The molecule has 1 fully saturated rings. The summed E-state index contributed by atoms with van der Waals surface area (Å²) in [5, 5.41) is 3.44. The average Bonchev–Trinajstić information content (AvgIpc) is 3.31. The summed E-state index contributed by atoms with van der Waals surface area (Å²) in [6.07, 6.45) is 2.50. The van der Waals surface area contributed by atoms with E-state index in [9.17, 15) is 8.78 Å². The minimum atomic E-state index is -0.941. The summed E-state index contributed by atoms with van der Waals surface area (Å²) >= 11 is 0. The Labute approximate surface area is 122 Å². The van der Waals surface area contributed by atoms with Crippen molar-refractivity contribution in [2.24, 2.45) is 0 Å². The summed E-state index contributed by atoms with van der Waals surface area (Å²) in [5.41, 5.74) is 2.11. The van der Waals surface area contributed by atoms with E-state index in [0.29, 0.717) is 6.04 Å². The largest absolute Gasteiger partial charge is 0.486 e. The standard InChI is InChI=1S/C17H17F2NO/c18-15-5-2-6-16(17(15)19)21-11-13-4-1-3-12(9-13)10-20-14-7-8-14/h1-6,9,14,20H,7-8,10-11H2. The van der Waals surface area contributed by atoms with Gasteiger partial charge in [0.25, 0.3) is 0 Å². The first-order chi connectivity index (χ1) is 10.2. The summed E-state index contributed by atoms with van der Waals surface area (Å²) in [4.78, 5) is 0. The number of hydrogen-bond acceptors (Lipinski definition) is 2. The van der Waals surface area contributed by atoms with Gasteiger partial charge in [0.2, 0.25) is 5.82 Å². The highest BCUT2D eigenvalue weighted by Gasteiger charge is 2.19. The fraction of sp³-hybridized carbons (Fsp3) is 0.294. The van der Waals surface area contributed by atoms with Crippen LogP contribution < -0.4 is 10.1 Å². The van der Waals surface area contributed by atoms with Crippen molar-refractivity contribution in [1.29, 1.82) is 0 Å². The van der Waals surface area contributed by atoms with Gasteiger partial charge in [0.1, 0.15) is 6.61 Å². The Balaban J connectivity index is 1.61. The number of nitrogens with one attached hydrogen (secondary N) is 1. The lowest BCUT2D eigenvalue weighted by Crippen LogP contribution is -2.15. The van der Waals surface area contributed by atoms with Crippen molar-refractivity contribution in [1.82, 2.24) is 5.32 Å². The summed E-state index contributed by atoms with van der Waals surface area (Å²) in [6, 6.07) is 12.5. The zero-order chi connectivity index (χ0) is 14.7. The molecule has 0 atom stereocenters. The van der Waals surface area contributed by atoms with Gasteiger partial charge in [0.05, 0.1) is 0 Å². The van der Waals surface area contributed by atoms with Gasteiger partial charge < -0.3 is 10.1 Å². The van der Waals surface area contributed by atoms with Crippen LogP contribution in [0.1, 0.15) is 24.0 Å². The molecule has 2 nitrogen and oxygen atoms in total. The van der Waals surface area contributed by atoms with Crippen molar-refractivity contribution < 1.29 is 13.5 Å². The third-order valence-electron chi connectivity index (χ3n) is 3.47. The molecule has 0 aliphatic heterocycles. The molecule has 0 saturated heterocycles. The minimum absolute atomic E-state index is 0.0588. The maximum atomic E-state index is 13.5. The fourth-order valence-corrected chi connectivity index (χ4v) is 2.14. The second-order valence-electron chi connectivity index (χ2n) is 5.32. The molecule has 2 aromatic carbocycles. The van der Waals surface area contributed by atoms with Crippen LogP contribution in [0.3, 0.4) is 0 Å². The van der Waals surface area contributed by atoms with Crippen LogP contribution in [0.4, 0.5) is 8.78 Å². The number of ether oxygens (including phenoxy) is 1. The van der Waals surface area contributed by atoms with Crippen LogP contribution in [0.15, 0.2) is 42.5 Å². The van der Waals surface area contributed by atoms with E-state index in [1.165, 1.54) is 30.5 Å².